The molecule has 1 aromatic heterocycles. The number of rotatable bonds is 3. The first-order valence-corrected chi connectivity index (χ1v) is 7.91. The quantitative estimate of drug-likeness (QED) is 0.901. The lowest BCUT2D eigenvalue weighted by Crippen LogP contribution is -2.46. The van der Waals surface area contributed by atoms with Crippen LogP contribution in [0, 0.1) is 5.92 Å². The summed E-state index contributed by atoms with van der Waals surface area (Å²) < 4.78 is 0. The van der Waals surface area contributed by atoms with Gasteiger partial charge in [0.1, 0.15) is 0 Å². The lowest BCUT2D eigenvalue weighted by atomic mass is 9.81. The second kappa shape index (κ2) is 4.93. The smallest absolute Gasteiger partial charge is 0.0981 e. The number of thiazole rings is 1. The molecular weight excluding hydrogens is 240 g/mol. The Morgan fingerprint density at radius 1 is 1.44 bits per heavy atom. The van der Waals surface area contributed by atoms with Gasteiger partial charge < -0.3 is 5.32 Å². The molecule has 0 aromatic carbocycles. The summed E-state index contributed by atoms with van der Waals surface area (Å²) in [6, 6.07) is 0. The molecule has 2 nitrogen and oxygen atoms in total. The molecule has 1 aromatic rings. The van der Waals surface area contributed by atoms with Gasteiger partial charge in [0, 0.05) is 22.8 Å². The molecule has 1 saturated heterocycles. The Balaban J connectivity index is 2.15. The molecule has 0 amide bonds. The fourth-order valence-electron chi connectivity index (χ4n) is 2.73. The van der Waals surface area contributed by atoms with E-state index in [4.69, 9.17) is 4.98 Å². The Bertz CT molecular complexity index is 395. The minimum atomic E-state index is 0.178. The van der Waals surface area contributed by atoms with Gasteiger partial charge in [-0.2, -0.15) is 0 Å². The molecule has 18 heavy (non-hydrogen) atoms. The summed E-state index contributed by atoms with van der Waals surface area (Å²) in [4.78, 5) is 4.85. The van der Waals surface area contributed by atoms with Crippen LogP contribution in [0.25, 0.3) is 0 Å². The Labute approximate surface area is 115 Å². The fraction of sp³-hybridized carbons (Fsp3) is 0.800. The predicted octanol–water partition coefficient (Wildman–Crippen LogP) is 3.76. The van der Waals surface area contributed by atoms with E-state index < -0.39 is 0 Å². The van der Waals surface area contributed by atoms with Gasteiger partial charge in [0.2, 0.25) is 0 Å². The van der Waals surface area contributed by atoms with E-state index in [-0.39, 0.29) is 11.0 Å². The molecule has 0 aliphatic carbocycles. The molecular formula is C15H26N2S. The van der Waals surface area contributed by atoms with Crippen LogP contribution in [0.3, 0.4) is 0 Å². The minimum absolute atomic E-state index is 0.178. The maximum absolute atomic E-state index is 4.85. The molecule has 0 radical (unpaired) electrons. The van der Waals surface area contributed by atoms with Crippen LogP contribution >= 0.6 is 11.3 Å². The molecule has 0 spiro atoms. The van der Waals surface area contributed by atoms with Crippen molar-refractivity contribution in [1.29, 1.82) is 0 Å². The molecule has 0 bridgehead atoms. The molecule has 2 heterocycles. The van der Waals surface area contributed by atoms with E-state index in [0.717, 1.165) is 13.0 Å². The van der Waals surface area contributed by atoms with E-state index in [9.17, 15) is 0 Å². The number of nitrogens with zero attached hydrogens (tertiary/aromatic N) is 1. The van der Waals surface area contributed by atoms with E-state index in [1.165, 1.54) is 23.5 Å². The van der Waals surface area contributed by atoms with E-state index in [1.54, 1.807) is 0 Å². The fourth-order valence-corrected chi connectivity index (χ4v) is 3.64. The summed E-state index contributed by atoms with van der Waals surface area (Å²) in [5, 5.41) is 7.24. The molecule has 1 fully saturated rings. The summed E-state index contributed by atoms with van der Waals surface area (Å²) in [5.74, 6) is 0.666. The monoisotopic (exact) mass is 266 g/mol. The van der Waals surface area contributed by atoms with Gasteiger partial charge in [0.15, 0.2) is 0 Å². The van der Waals surface area contributed by atoms with Crippen molar-refractivity contribution in [3.05, 3.63) is 16.1 Å². The Morgan fingerprint density at radius 3 is 2.61 bits per heavy atom. The number of hydrogen-bond acceptors (Lipinski definition) is 3. The average molecular weight is 266 g/mol. The predicted molar refractivity (Wildman–Crippen MR) is 79.3 cm³/mol. The maximum Gasteiger partial charge on any atom is 0.0981 e. The van der Waals surface area contributed by atoms with Crippen molar-refractivity contribution in [2.75, 3.05) is 6.54 Å². The molecule has 2 rings (SSSR count). The second-order valence-electron chi connectivity index (χ2n) is 6.91. The maximum atomic E-state index is 4.85. The summed E-state index contributed by atoms with van der Waals surface area (Å²) in [7, 11) is 0. The van der Waals surface area contributed by atoms with Gasteiger partial charge in [-0.3, -0.25) is 0 Å². The van der Waals surface area contributed by atoms with Crippen molar-refractivity contribution >= 4 is 11.3 Å². The number of aromatic nitrogens is 1. The van der Waals surface area contributed by atoms with Crippen molar-refractivity contribution in [2.45, 2.75) is 64.8 Å². The summed E-state index contributed by atoms with van der Waals surface area (Å²) in [6.07, 6.45) is 3.67. The van der Waals surface area contributed by atoms with Crippen LogP contribution in [0.5, 0.6) is 0 Å². The summed E-state index contributed by atoms with van der Waals surface area (Å²) >= 11 is 1.81. The summed E-state index contributed by atoms with van der Waals surface area (Å²) in [6.45, 7) is 12.5. The van der Waals surface area contributed by atoms with E-state index in [2.05, 4.69) is 45.3 Å². The molecule has 1 aliphatic rings. The van der Waals surface area contributed by atoms with Gasteiger partial charge in [0.05, 0.1) is 10.7 Å². The van der Waals surface area contributed by atoms with Gasteiger partial charge in [-0.25, -0.2) is 4.98 Å². The Hall–Kier alpha value is -0.410. The first kappa shape index (κ1) is 14.0. The first-order chi connectivity index (χ1) is 8.33. The lowest BCUT2D eigenvalue weighted by Gasteiger charge is -2.33. The van der Waals surface area contributed by atoms with E-state index in [0.29, 0.717) is 5.92 Å². The van der Waals surface area contributed by atoms with Gasteiger partial charge >= 0.3 is 0 Å². The molecule has 0 saturated carbocycles. The molecule has 102 valence electrons. The molecule has 1 N–H and O–H groups in total. The minimum Gasteiger partial charge on any atom is -0.311 e. The standard InChI is InChI=1S/C15H26N2S/c1-11(2)15(7-6-8-16-15)9-12-10-18-13(17-12)14(3,4)5/h10-11,16H,6-9H2,1-5H3. The van der Waals surface area contributed by atoms with Crippen LogP contribution in [0.4, 0.5) is 0 Å². The highest BCUT2D eigenvalue weighted by Gasteiger charge is 2.37. The zero-order valence-corrected chi connectivity index (χ0v) is 13.2. The Morgan fingerprint density at radius 2 is 2.17 bits per heavy atom. The molecule has 1 unspecified atom stereocenters. The molecule has 1 atom stereocenters. The normalized spacial score (nSPS) is 25.0. The van der Waals surface area contributed by atoms with Crippen molar-refractivity contribution < 1.29 is 0 Å². The summed E-state index contributed by atoms with van der Waals surface area (Å²) in [5.41, 5.74) is 1.73. The highest BCUT2D eigenvalue weighted by Crippen LogP contribution is 2.33. The third-order valence-electron chi connectivity index (χ3n) is 4.07. The average Bonchev–Trinajstić information content (AvgIpc) is 2.86. The Kier molecular flexibility index (Phi) is 3.84. The zero-order chi connectivity index (χ0) is 13.4. The van der Waals surface area contributed by atoms with Gasteiger partial charge in [-0.15, -0.1) is 11.3 Å². The van der Waals surface area contributed by atoms with Crippen molar-refractivity contribution in [3.8, 4) is 0 Å². The van der Waals surface area contributed by atoms with Crippen LogP contribution in [-0.2, 0) is 11.8 Å². The lowest BCUT2D eigenvalue weighted by molar-refractivity contribution is 0.267. The van der Waals surface area contributed by atoms with Crippen LogP contribution in [0.2, 0.25) is 0 Å². The second-order valence-corrected chi connectivity index (χ2v) is 7.77. The van der Waals surface area contributed by atoms with Crippen LogP contribution in [-0.4, -0.2) is 17.1 Å². The SMILES string of the molecule is CC(C)C1(Cc2csc(C(C)(C)C)n2)CCCN1. The van der Waals surface area contributed by atoms with E-state index in [1.807, 2.05) is 11.3 Å². The highest BCUT2D eigenvalue weighted by molar-refractivity contribution is 7.09. The topological polar surface area (TPSA) is 24.9 Å². The van der Waals surface area contributed by atoms with Gasteiger partial charge in [-0.1, -0.05) is 34.6 Å². The first-order valence-electron chi connectivity index (χ1n) is 7.03. The largest absolute Gasteiger partial charge is 0.311 e. The van der Waals surface area contributed by atoms with Crippen molar-refractivity contribution in [1.82, 2.24) is 10.3 Å². The van der Waals surface area contributed by atoms with Crippen molar-refractivity contribution in [2.24, 2.45) is 5.92 Å². The van der Waals surface area contributed by atoms with Crippen LogP contribution in [0.15, 0.2) is 5.38 Å². The van der Waals surface area contributed by atoms with Crippen molar-refractivity contribution in [3.63, 3.8) is 0 Å². The van der Waals surface area contributed by atoms with Crippen LogP contribution in [0.1, 0.15) is 58.2 Å². The van der Waals surface area contributed by atoms with Gasteiger partial charge in [-0.05, 0) is 25.3 Å². The number of nitrogens with one attached hydrogen (secondary N) is 1. The zero-order valence-electron chi connectivity index (χ0n) is 12.3. The third kappa shape index (κ3) is 2.77. The number of hydrogen-bond donors (Lipinski definition) is 1. The molecule has 1 aliphatic heterocycles. The van der Waals surface area contributed by atoms with E-state index >= 15 is 0 Å². The molecule has 3 heteroatoms. The third-order valence-corrected chi connectivity index (χ3v) is 5.39. The van der Waals surface area contributed by atoms with Gasteiger partial charge in [0.25, 0.3) is 0 Å². The van der Waals surface area contributed by atoms with Crippen LogP contribution < -0.4 is 5.32 Å². The highest BCUT2D eigenvalue weighted by atomic mass is 32.1.